The van der Waals surface area contributed by atoms with Gasteiger partial charge in [-0.2, -0.15) is 0 Å². The number of hydrogen-bond acceptors (Lipinski definition) is 15. The molecule has 15 nitrogen and oxygen atoms in total. The monoisotopic (exact) mass is 590 g/mol. The number of rotatable bonds is 8. The molecule has 4 rings (SSSR count). The molecule has 0 N–H and O–H groups in total. The Labute approximate surface area is 237 Å². The third-order valence-corrected chi connectivity index (χ3v) is 6.62. The highest BCUT2D eigenvalue weighted by Gasteiger charge is 2.61. The molecule has 4 fully saturated rings. The predicted octanol–water partition coefficient (Wildman–Crippen LogP) is 0.483. The summed E-state index contributed by atoms with van der Waals surface area (Å²) in [6.45, 7) is 11.1. The van der Waals surface area contributed by atoms with Crippen LogP contribution >= 0.6 is 0 Å². The van der Waals surface area contributed by atoms with E-state index in [1.807, 2.05) is 0 Å². The molecule has 0 amide bonds. The van der Waals surface area contributed by atoms with Gasteiger partial charge in [0.25, 0.3) is 0 Å². The van der Waals surface area contributed by atoms with Crippen LogP contribution in [0.4, 0.5) is 0 Å². The molecule has 0 saturated carbocycles. The number of hydrogen-bond donors (Lipinski definition) is 0. The summed E-state index contributed by atoms with van der Waals surface area (Å²) >= 11 is 0. The lowest BCUT2D eigenvalue weighted by molar-refractivity contribution is -0.320. The standard InChI is InChI=1S/C26H38O15/c1-11(27)31-9-15-17(33-12(2)28)19(34-13(3)29)21(35-14(4)30)23(36-15)32-10-16-18-20(39-25(5,6)38-18)22-24(37-16)41-26(7,8)40-22/h15-24H,9-10H2,1-8H3/t15?,16?,17-,18-,19?,20?,21?,22?,23+,24+/m0/s1. The third-order valence-electron chi connectivity index (χ3n) is 6.62. The van der Waals surface area contributed by atoms with Crippen molar-refractivity contribution in [3.05, 3.63) is 0 Å². The Hall–Kier alpha value is -2.40. The van der Waals surface area contributed by atoms with E-state index >= 15 is 0 Å². The summed E-state index contributed by atoms with van der Waals surface area (Å²) in [5.74, 6) is -4.72. The van der Waals surface area contributed by atoms with Crippen molar-refractivity contribution in [2.75, 3.05) is 13.2 Å². The first-order valence-corrected chi connectivity index (χ1v) is 13.3. The average molecular weight is 591 g/mol. The molecule has 4 saturated heterocycles. The smallest absolute Gasteiger partial charge is 0.303 e. The summed E-state index contributed by atoms with van der Waals surface area (Å²) in [6.07, 6.45) is -9.82. The number of fused-ring (bicyclic) bond motifs is 3. The van der Waals surface area contributed by atoms with E-state index in [2.05, 4.69) is 0 Å². The molecule has 6 unspecified atom stereocenters. The lowest BCUT2D eigenvalue weighted by Gasteiger charge is -2.44. The summed E-state index contributed by atoms with van der Waals surface area (Å²) in [5.41, 5.74) is 0. The van der Waals surface area contributed by atoms with Crippen LogP contribution in [0.1, 0.15) is 55.4 Å². The highest BCUT2D eigenvalue weighted by molar-refractivity contribution is 5.68. The fraction of sp³-hybridized carbons (Fsp3) is 0.846. The lowest BCUT2D eigenvalue weighted by atomic mass is 9.97. The van der Waals surface area contributed by atoms with Crippen molar-refractivity contribution < 1.29 is 71.3 Å². The van der Waals surface area contributed by atoms with Crippen LogP contribution < -0.4 is 0 Å². The topological polar surface area (TPSA) is 170 Å². The number of ether oxygens (including phenoxy) is 11. The largest absolute Gasteiger partial charge is 0.463 e. The maximum Gasteiger partial charge on any atom is 0.303 e. The van der Waals surface area contributed by atoms with Crippen molar-refractivity contribution in [3.8, 4) is 0 Å². The number of carbonyl (C=O) groups excluding carboxylic acids is 4. The van der Waals surface area contributed by atoms with Crippen molar-refractivity contribution in [2.24, 2.45) is 0 Å². The molecular weight excluding hydrogens is 552 g/mol. The third kappa shape index (κ3) is 7.52. The van der Waals surface area contributed by atoms with Crippen LogP contribution in [-0.4, -0.2) is 110 Å². The first-order chi connectivity index (χ1) is 19.0. The van der Waals surface area contributed by atoms with Gasteiger partial charge in [-0.05, 0) is 27.7 Å². The normalized spacial score (nSPS) is 38.7. The first-order valence-electron chi connectivity index (χ1n) is 13.3. The van der Waals surface area contributed by atoms with E-state index in [4.69, 9.17) is 52.1 Å². The van der Waals surface area contributed by atoms with Crippen molar-refractivity contribution in [1.82, 2.24) is 0 Å². The molecule has 4 aliphatic rings. The summed E-state index contributed by atoms with van der Waals surface area (Å²) in [5, 5.41) is 0. The zero-order chi connectivity index (χ0) is 30.3. The van der Waals surface area contributed by atoms with E-state index in [1.165, 1.54) is 6.92 Å². The van der Waals surface area contributed by atoms with Gasteiger partial charge in [-0.25, -0.2) is 0 Å². The van der Waals surface area contributed by atoms with Gasteiger partial charge in [0.2, 0.25) is 0 Å². The maximum absolute atomic E-state index is 12.1. The molecule has 0 aliphatic carbocycles. The zero-order valence-electron chi connectivity index (χ0n) is 24.3. The van der Waals surface area contributed by atoms with Gasteiger partial charge in [0, 0.05) is 27.7 Å². The molecule has 10 atom stereocenters. The molecule has 0 aromatic rings. The van der Waals surface area contributed by atoms with Gasteiger partial charge >= 0.3 is 23.9 Å². The highest BCUT2D eigenvalue weighted by atomic mass is 16.9. The molecule has 0 spiro atoms. The molecule has 0 aromatic heterocycles. The fourth-order valence-electron chi connectivity index (χ4n) is 5.34. The number of esters is 4. The zero-order valence-corrected chi connectivity index (χ0v) is 24.3. The van der Waals surface area contributed by atoms with Gasteiger partial charge in [0.15, 0.2) is 42.5 Å². The van der Waals surface area contributed by atoms with Crippen LogP contribution in [0, 0.1) is 0 Å². The van der Waals surface area contributed by atoms with Crippen molar-refractivity contribution in [2.45, 2.75) is 128 Å². The molecule has 41 heavy (non-hydrogen) atoms. The Bertz CT molecular complexity index is 1010. The van der Waals surface area contributed by atoms with Crippen LogP contribution in [-0.2, 0) is 71.3 Å². The lowest BCUT2D eigenvalue weighted by Crippen LogP contribution is -2.63. The Morgan fingerprint density at radius 1 is 0.585 bits per heavy atom. The predicted molar refractivity (Wildman–Crippen MR) is 130 cm³/mol. The molecule has 0 radical (unpaired) electrons. The minimum atomic E-state index is -1.37. The van der Waals surface area contributed by atoms with Crippen molar-refractivity contribution in [1.29, 1.82) is 0 Å². The van der Waals surface area contributed by atoms with Gasteiger partial charge in [0.05, 0.1) is 6.61 Å². The minimum Gasteiger partial charge on any atom is -0.463 e. The van der Waals surface area contributed by atoms with E-state index in [0.717, 1.165) is 20.8 Å². The van der Waals surface area contributed by atoms with Gasteiger partial charge in [0.1, 0.15) is 37.1 Å². The van der Waals surface area contributed by atoms with Crippen molar-refractivity contribution >= 4 is 23.9 Å². The average Bonchev–Trinajstić information content (AvgIpc) is 3.32. The molecule has 4 heterocycles. The van der Waals surface area contributed by atoms with E-state index in [0.29, 0.717) is 0 Å². The highest BCUT2D eigenvalue weighted by Crippen LogP contribution is 2.44. The second-order valence-corrected chi connectivity index (χ2v) is 11.1. The quantitative estimate of drug-likeness (QED) is 0.282. The van der Waals surface area contributed by atoms with Crippen LogP contribution in [0.3, 0.4) is 0 Å². The Balaban J connectivity index is 1.59. The first kappa shape index (κ1) is 31.5. The Kier molecular flexibility index (Phi) is 9.28. The van der Waals surface area contributed by atoms with Crippen LogP contribution in [0.5, 0.6) is 0 Å². The van der Waals surface area contributed by atoms with E-state index < -0.39 is 96.9 Å². The molecule has 4 aliphatic heterocycles. The van der Waals surface area contributed by atoms with E-state index in [9.17, 15) is 19.2 Å². The minimum absolute atomic E-state index is 0.179. The molecule has 15 heteroatoms. The maximum atomic E-state index is 12.1. The second-order valence-electron chi connectivity index (χ2n) is 11.1. The summed E-state index contributed by atoms with van der Waals surface area (Å²) in [6, 6.07) is 0. The van der Waals surface area contributed by atoms with Crippen molar-refractivity contribution in [3.63, 3.8) is 0 Å². The fourth-order valence-corrected chi connectivity index (χ4v) is 5.34. The van der Waals surface area contributed by atoms with Gasteiger partial charge < -0.3 is 52.1 Å². The Morgan fingerprint density at radius 3 is 1.73 bits per heavy atom. The molecular formula is C26H38O15. The summed E-state index contributed by atoms with van der Waals surface area (Å²) < 4.78 is 63.8. The summed E-state index contributed by atoms with van der Waals surface area (Å²) in [4.78, 5) is 47.6. The molecule has 0 bridgehead atoms. The number of carbonyl (C=O) groups is 4. The molecule has 232 valence electrons. The molecule has 0 aromatic carbocycles. The van der Waals surface area contributed by atoms with Crippen LogP contribution in [0.15, 0.2) is 0 Å². The van der Waals surface area contributed by atoms with Gasteiger partial charge in [-0.1, -0.05) is 0 Å². The SMILES string of the molecule is CC(=O)OCC1O[C@@H](OCC2O[C@@H]3OC(C)(C)OC3C3OC(C)(C)O[C@@H]23)C(OC(C)=O)C(OC(C)=O)[C@H]1OC(C)=O. The van der Waals surface area contributed by atoms with E-state index in [-0.39, 0.29) is 13.2 Å². The van der Waals surface area contributed by atoms with Crippen LogP contribution in [0.25, 0.3) is 0 Å². The Morgan fingerprint density at radius 2 is 1.12 bits per heavy atom. The van der Waals surface area contributed by atoms with Gasteiger partial charge in [-0.15, -0.1) is 0 Å². The van der Waals surface area contributed by atoms with Gasteiger partial charge in [-0.3, -0.25) is 19.2 Å². The van der Waals surface area contributed by atoms with Crippen LogP contribution in [0.2, 0.25) is 0 Å². The summed E-state index contributed by atoms with van der Waals surface area (Å²) in [7, 11) is 0. The second kappa shape index (κ2) is 12.1. The van der Waals surface area contributed by atoms with E-state index in [1.54, 1.807) is 27.7 Å².